The Hall–Kier alpha value is -3.32. The quantitative estimate of drug-likeness (QED) is 0.727. The highest BCUT2D eigenvalue weighted by Gasteiger charge is 2.30. The fourth-order valence-electron chi connectivity index (χ4n) is 2.90. The molecule has 2 aromatic rings. The van der Waals surface area contributed by atoms with E-state index >= 15 is 0 Å². The number of aliphatic hydroxyl groups is 1. The molecule has 1 heterocycles. The van der Waals surface area contributed by atoms with Gasteiger partial charge in [-0.1, -0.05) is 24.3 Å². The van der Waals surface area contributed by atoms with Crippen molar-refractivity contribution in [1.29, 1.82) is 0 Å². The molecule has 0 saturated heterocycles. The molecule has 1 aliphatic rings. The van der Waals surface area contributed by atoms with E-state index in [9.17, 15) is 9.59 Å². The third-order valence-electron chi connectivity index (χ3n) is 4.22. The van der Waals surface area contributed by atoms with E-state index in [2.05, 4.69) is 5.32 Å². The molecule has 2 aromatic carbocycles. The monoisotopic (exact) mass is 368 g/mol. The lowest BCUT2D eigenvalue weighted by Crippen LogP contribution is -2.34. The number of nitrogens with one attached hydrogen (secondary N) is 1. The Morgan fingerprint density at radius 3 is 2.48 bits per heavy atom. The summed E-state index contributed by atoms with van der Waals surface area (Å²) in [6.07, 6.45) is 1.24. The Morgan fingerprint density at radius 1 is 1.04 bits per heavy atom. The molecular formula is C20H20N2O5. The van der Waals surface area contributed by atoms with Crippen LogP contribution in [0, 0.1) is 0 Å². The summed E-state index contributed by atoms with van der Waals surface area (Å²) in [4.78, 5) is 25.3. The second-order valence-corrected chi connectivity index (χ2v) is 5.82. The van der Waals surface area contributed by atoms with Gasteiger partial charge >= 0.3 is 0 Å². The van der Waals surface area contributed by atoms with Crippen LogP contribution in [-0.2, 0) is 9.59 Å². The van der Waals surface area contributed by atoms with Crippen molar-refractivity contribution >= 4 is 17.5 Å². The molecule has 3 rings (SSSR count). The van der Waals surface area contributed by atoms with E-state index in [-0.39, 0.29) is 18.8 Å². The molecule has 140 valence electrons. The molecule has 0 bridgehead atoms. The first-order valence-electron chi connectivity index (χ1n) is 8.36. The minimum Gasteiger partial charge on any atom is -0.493 e. The van der Waals surface area contributed by atoms with E-state index in [1.807, 2.05) is 36.4 Å². The van der Waals surface area contributed by atoms with Gasteiger partial charge in [0, 0.05) is 17.3 Å². The highest BCUT2D eigenvalue weighted by atomic mass is 16.5. The summed E-state index contributed by atoms with van der Waals surface area (Å²) in [5.41, 5.74) is 2.53. The van der Waals surface area contributed by atoms with Crippen LogP contribution in [0.2, 0.25) is 0 Å². The molecule has 2 amide bonds. The van der Waals surface area contributed by atoms with Gasteiger partial charge < -0.3 is 19.9 Å². The van der Waals surface area contributed by atoms with Crippen LogP contribution in [-0.4, -0.2) is 49.2 Å². The second-order valence-electron chi connectivity index (χ2n) is 5.82. The minimum atomic E-state index is -0.462. The minimum absolute atomic E-state index is 0.0311. The molecule has 0 aromatic heterocycles. The number of rotatable bonds is 7. The molecule has 0 unspecified atom stereocenters. The number of hydrogen-bond donors (Lipinski definition) is 2. The molecule has 0 atom stereocenters. The lowest BCUT2D eigenvalue weighted by molar-refractivity contribution is -0.137. The Kier molecular flexibility index (Phi) is 5.42. The fraction of sp³-hybridized carbons (Fsp3) is 0.200. The van der Waals surface area contributed by atoms with Gasteiger partial charge in [0.1, 0.15) is 5.70 Å². The van der Waals surface area contributed by atoms with Crippen molar-refractivity contribution < 1.29 is 24.2 Å². The van der Waals surface area contributed by atoms with Gasteiger partial charge in [0.05, 0.1) is 27.4 Å². The Bertz CT molecular complexity index is 907. The maximum atomic E-state index is 12.4. The number of methoxy groups -OCH3 is 2. The topological polar surface area (TPSA) is 88.1 Å². The third-order valence-corrected chi connectivity index (χ3v) is 4.22. The maximum Gasteiger partial charge on any atom is 0.277 e. The van der Waals surface area contributed by atoms with Crippen molar-refractivity contribution in [2.24, 2.45) is 0 Å². The van der Waals surface area contributed by atoms with Crippen LogP contribution in [0.5, 0.6) is 11.5 Å². The van der Waals surface area contributed by atoms with Gasteiger partial charge in [-0.2, -0.15) is 0 Å². The number of carbonyl (C=O) groups is 2. The number of ether oxygens (including phenoxy) is 2. The standard InChI is InChI=1S/C20H20N2O5/c1-26-17-8-7-13(11-18(17)27-2)14-5-3-4-6-15(14)21-16-12-19(24)22(9-10-23)20(16)25/h3-8,11-12,21,23H,9-10H2,1-2H3. The summed E-state index contributed by atoms with van der Waals surface area (Å²) in [6.45, 7) is -0.308. The summed E-state index contributed by atoms with van der Waals surface area (Å²) in [5.74, 6) is 0.298. The van der Waals surface area contributed by atoms with E-state index in [0.717, 1.165) is 16.0 Å². The number of imide groups is 1. The van der Waals surface area contributed by atoms with Crippen molar-refractivity contribution in [2.45, 2.75) is 0 Å². The van der Waals surface area contributed by atoms with Crippen molar-refractivity contribution in [3.05, 3.63) is 54.2 Å². The van der Waals surface area contributed by atoms with Gasteiger partial charge in [-0.05, 0) is 23.8 Å². The maximum absolute atomic E-state index is 12.4. The van der Waals surface area contributed by atoms with Crippen LogP contribution in [0.15, 0.2) is 54.2 Å². The summed E-state index contributed by atoms with van der Waals surface area (Å²) < 4.78 is 10.6. The van der Waals surface area contributed by atoms with E-state index in [1.54, 1.807) is 20.3 Å². The van der Waals surface area contributed by atoms with Crippen molar-refractivity contribution in [2.75, 3.05) is 32.7 Å². The molecule has 0 fully saturated rings. The smallest absolute Gasteiger partial charge is 0.277 e. The molecular weight excluding hydrogens is 348 g/mol. The lowest BCUT2D eigenvalue weighted by atomic mass is 10.0. The molecule has 27 heavy (non-hydrogen) atoms. The predicted molar refractivity (Wildman–Crippen MR) is 100 cm³/mol. The largest absolute Gasteiger partial charge is 0.493 e. The van der Waals surface area contributed by atoms with Gasteiger partial charge in [0.25, 0.3) is 11.8 Å². The molecule has 0 saturated carbocycles. The molecule has 2 N–H and O–H groups in total. The van der Waals surface area contributed by atoms with Crippen molar-refractivity contribution in [1.82, 2.24) is 4.90 Å². The molecule has 0 aliphatic carbocycles. The second kappa shape index (κ2) is 7.92. The van der Waals surface area contributed by atoms with E-state index in [0.29, 0.717) is 17.2 Å². The predicted octanol–water partition coefficient (Wildman–Crippen LogP) is 2.03. The van der Waals surface area contributed by atoms with Crippen LogP contribution in [0.4, 0.5) is 5.69 Å². The summed E-state index contributed by atoms with van der Waals surface area (Å²) >= 11 is 0. The number of aliphatic hydroxyl groups excluding tert-OH is 1. The van der Waals surface area contributed by atoms with Crippen LogP contribution in [0.1, 0.15) is 0 Å². The number of carbonyl (C=O) groups excluding carboxylic acids is 2. The zero-order valence-electron chi connectivity index (χ0n) is 15.1. The molecule has 7 heteroatoms. The highest BCUT2D eigenvalue weighted by Crippen LogP contribution is 2.36. The van der Waals surface area contributed by atoms with Crippen molar-refractivity contribution in [3.63, 3.8) is 0 Å². The zero-order chi connectivity index (χ0) is 19.4. The number of β-amino-alcohol motifs (C(OH)–C–C–N with tert-alkyl or cyclic N) is 1. The highest BCUT2D eigenvalue weighted by molar-refractivity contribution is 6.17. The first kappa shape index (κ1) is 18.5. The zero-order valence-corrected chi connectivity index (χ0v) is 15.1. The van der Waals surface area contributed by atoms with E-state index in [1.165, 1.54) is 6.08 Å². The van der Waals surface area contributed by atoms with Crippen LogP contribution in [0.3, 0.4) is 0 Å². The Labute approximate surface area is 156 Å². The van der Waals surface area contributed by atoms with Crippen molar-refractivity contribution in [3.8, 4) is 22.6 Å². The average Bonchev–Trinajstić information content (AvgIpc) is 2.95. The lowest BCUT2D eigenvalue weighted by Gasteiger charge is -2.16. The summed E-state index contributed by atoms with van der Waals surface area (Å²) in [7, 11) is 3.13. The molecule has 7 nitrogen and oxygen atoms in total. The third kappa shape index (κ3) is 3.63. The number of para-hydroxylation sites is 1. The first-order valence-corrected chi connectivity index (χ1v) is 8.36. The molecule has 1 aliphatic heterocycles. The van der Waals surface area contributed by atoms with Gasteiger partial charge in [-0.3, -0.25) is 14.5 Å². The number of nitrogens with zero attached hydrogens (tertiary/aromatic N) is 1. The van der Waals surface area contributed by atoms with E-state index in [4.69, 9.17) is 14.6 Å². The average molecular weight is 368 g/mol. The Balaban J connectivity index is 1.93. The van der Waals surface area contributed by atoms with Gasteiger partial charge in [0.2, 0.25) is 0 Å². The first-order chi connectivity index (χ1) is 13.1. The Morgan fingerprint density at radius 2 is 1.78 bits per heavy atom. The van der Waals surface area contributed by atoms with Gasteiger partial charge in [-0.15, -0.1) is 0 Å². The number of hydrogen-bond acceptors (Lipinski definition) is 6. The number of anilines is 1. The SMILES string of the molecule is COc1ccc(-c2ccccc2NC2=CC(=O)N(CCO)C2=O)cc1OC. The van der Waals surface area contributed by atoms with Crippen LogP contribution in [0.25, 0.3) is 11.1 Å². The normalized spacial score (nSPS) is 13.6. The fourth-order valence-corrected chi connectivity index (χ4v) is 2.90. The molecule has 0 radical (unpaired) electrons. The summed E-state index contributed by atoms with van der Waals surface area (Å²) in [5, 5.41) is 12.0. The molecule has 0 spiro atoms. The van der Waals surface area contributed by atoms with Crippen LogP contribution >= 0.6 is 0 Å². The number of amides is 2. The van der Waals surface area contributed by atoms with Gasteiger partial charge in [-0.25, -0.2) is 0 Å². The van der Waals surface area contributed by atoms with Gasteiger partial charge in [0.15, 0.2) is 11.5 Å². The van der Waals surface area contributed by atoms with Crippen LogP contribution < -0.4 is 14.8 Å². The summed E-state index contributed by atoms with van der Waals surface area (Å²) in [6, 6.07) is 13.0. The van der Waals surface area contributed by atoms with E-state index < -0.39 is 11.8 Å². The number of benzene rings is 2.